The Labute approximate surface area is 112 Å². The third-order valence-corrected chi connectivity index (χ3v) is 4.34. The first-order valence-electron chi connectivity index (χ1n) is 5.37. The van der Waals surface area contributed by atoms with Gasteiger partial charge in [-0.2, -0.15) is 0 Å². The van der Waals surface area contributed by atoms with Gasteiger partial charge in [-0.05, 0) is 31.0 Å². The normalized spacial score (nSPS) is 10.9. The predicted octanol–water partition coefficient (Wildman–Crippen LogP) is 2.62. The summed E-state index contributed by atoms with van der Waals surface area (Å²) in [5.74, 6) is -1.09. The summed E-state index contributed by atoms with van der Waals surface area (Å²) in [6, 6.07) is 2.99. The summed E-state index contributed by atoms with van der Waals surface area (Å²) in [5, 5.41) is 9.82. The highest BCUT2D eigenvalue weighted by atomic mass is 79.9. The van der Waals surface area contributed by atoms with Crippen LogP contribution in [-0.2, 0) is 7.05 Å². The summed E-state index contributed by atoms with van der Waals surface area (Å²) in [7, 11) is 1.64. The molecule has 0 amide bonds. The van der Waals surface area contributed by atoms with Gasteiger partial charge in [0.2, 0.25) is 0 Å². The lowest BCUT2D eigenvalue weighted by Crippen LogP contribution is -2.19. The minimum Gasteiger partial charge on any atom is -0.478 e. The molecule has 94 valence electrons. The largest absolute Gasteiger partial charge is 0.478 e. The number of fused-ring (bicyclic) bond motifs is 1. The zero-order chi connectivity index (χ0) is 13.6. The number of aromatic carboxylic acids is 1. The molecule has 0 saturated heterocycles. The van der Waals surface area contributed by atoms with E-state index in [9.17, 15) is 14.7 Å². The minimum atomic E-state index is -1.09. The number of aromatic nitrogens is 1. The Hall–Kier alpha value is -1.62. The average molecular weight is 310 g/mol. The van der Waals surface area contributed by atoms with Gasteiger partial charge < -0.3 is 9.67 Å². The average Bonchev–Trinajstić information content (AvgIpc) is 2.31. The van der Waals surface area contributed by atoms with Crippen molar-refractivity contribution in [3.63, 3.8) is 0 Å². The second kappa shape index (κ2) is 4.24. The molecule has 1 aromatic carbocycles. The van der Waals surface area contributed by atoms with Crippen molar-refractivity contribution in [3.8, 4) is 0 Å². The van der Waals surface area contributed by atoms with E-state index in [1.54, 1.807) is 7.05 Å². The second-order valence-electron chi connectivity index (χ2n) is 4.29. The molecule has 0 unspecified atom stereocenters. The maximum atomic E-state index is 11.8. The molecule has 0 aliphatic carbocycles. The molecule has 0 saturated carbocycles. The minimum absolute atomic E-state index is 0.0475. The van der Waals surface area contributed by atoms with E-state index in [1.165, 1.54) is 10.6 Å². The second-order valence-corrected chi connectivity index (χ2v) is 5.08. The van der Waals surface area contributed by atoms with Gasteiger partial charge in [-0.1, -0.05) is 15.9 Å². The quantitative estimate of drug-likeness (QED) is 0.881. The fraction of sp³-hybridized carbons (Fsp3) is 0.231. The summed E-state index contributed by atoms with van der Waals surface area (Å²) < 4.78 is 2.34. The summed E-state index contributed by atoms with van der Waals surface area (Å²) in [4.78, 5) is 23.0. The van der Waals surface area contributed by atoms with Crippen molar-refractivity contribution < 1.29 is 9.90 Å². The van der Waals surface area contributed by atoms with Crippen LogP contribution in [0.4, 0.5) is 0 Å². The van der Waals surface area contributed by atoms with E-state index in [0.717, 1.165) is 15.6 Å². The van der Waals surface area contributed by atoms with Gasteiger partial charge in [-0.15, -0.1) is 0 Å². The van der Waals surface area contributed by atoms with Crippen LogP contribution < -0.4 is 5.56 Å². The van der Waals surface area contributed by atoms with E-state index >= 15 is 0 Å². The number of aryl methyl sites for hydroxylation is 3. The Balaban J connectivity index is 3.14. The van der Waals surface area contributed by atoms with Crippen molar-refractivity contribution in [2.75, 3.05) is 0 Å². The predicted molar refractivity (Wildman–Crippen MR) is 73.3 cm³/mol. The number of rotatable bonds is 1. The first-order valence-corrected chi connectivity index (χ1v) is 6.16. The van der Waals surface area contributed by atoms with E-state index < -0.39 is 5.97 Å². The number of pyridine rings is 1. The SMILES string of the molecule is Cc1cc2c(c(C(=O)O)cc(=O)n2C)c(C)c1Br. The topological polar surface area (TPSA) is 59.3 Å². The molecule has 18 heavy (non-hydrogen) atoms. The van der Waals surface area contributed by atoms with Gasteiger partial charge in [-0.25, -0.2) is 4.79 Å². The number of carboxylic acids is 1. The highest BCUT2D eigenvalue weighted by Crippen LogP contribution is 2.30. The van der Waals surface area contributed by atoms with Crippen molar-refractivity contribution in [1.82, 2.24) is 4.57 Å². The Kier molecular flexibility index (Phi) is 3.02. The lowest BCUT2D eigenvalue weighted by Gasteiger charge is -2.13. The van der Waals surface area contributed by atoms with Crippen LogP contribution in [0, 0.1) is 13.8 Å². The van der Waals surface area contributed by atoms with E-state index in [0.29, 0.717) is 10.9 Å². The fourth-order valence-corrected chi connectivity index (χ4v) is 2.44. The molecule has 4 nitrogen and oxygen atoms in total. The molecule has 0 fully saturated rings. The zero-order valence-electron chi connectivity index (χ0n) is 10.2. The van der Waals surface area contributed by atoms with E-state index in [-0.39, 0.29) is 11.1 Å². The molecule has 2 aromatic rings. The van der Waals surface area contributed by atoms with Crippen molar-refractivity contribution in [3.05, 3.63) is 43.6 Å². The molecule has 2 rings (SSSR count). The molecule has 0 radical (unpaired) electrons. The molecule has 0 bridgehead atoms. The third-order valence-electron chi connectivity index (χ3n) is 3.12. The standard InChI is InChI=1S/C13H12BrNO3/c1-6-4-9-11(7(2)12(6)14)8(13(17)18)5-10(16)15(9)3/h4-5H,1-3H3,(H,17,18). The van der Waals surface area contributed by atoms with Gasteiger partial charge in [0.15, 0.2) is 0 Å². The van der Waals surface area contributed by atoms with E-state index in [1.807, 2.05) is 19.9 Å². The van der Waals surface area contributed by atoms with Crippen molar-refractivity contribution >= 4 is 32.8 Å². The van der Waals surface area contributed by atoms with Gasteiger partial charge in [0.05, 0.1) is 11.1 Å². The number of carbonyl (C=O) groups is 1. The number of hydrogen-bond acceptors (Lipinski definition) is 2. The summed E-state index contributed by atoms with van der Waals surface area (Å²) in [6.45, 7) is 3.75. The molecular formula is C13H12BrNO3. The van der Waals surface area contributed by atoms with Crippen LogP contribution >= 0.6 is 15.9 Å². The molecule has 0 spiro atoms. The maximum Gasteiger partial charge on any atom is 0.336 e. The lowest BCUT2D eigenvalue weighted by molar-refractivity contribution is 0.0698. The molecule has 0 atom stereocenters. The molecule has 1 N–H and O–H groups in total. The number of halogens is 1. The number of carboxylic acid groups (broad SMARTS) is 1. The van der Waals surface area contributed by atoms with Crippen LogP contribution in [0.5, 0.6) is 0 Å². The van der Waals surface area contributed by atoms with Gasteiger partial charge >= 0.3 is 5.97 Å². The van der Waals surface area contributed by atoms with Crippen LogP contribution in [0.25, 0.3) is 10.9 Å². The Morgan fingerprint density at radius 3 is 2.50 bits per heavy atom. The van der Waals surface area contributed by atoms with Crippen LogP contribution in [0.3, 0.4) is 0 Å². The molecular weight excluding hydrogens is 298 g/mol. The number of hydrogen-bond donors (Lipinski definition) is 1. The van der Waals surface area contributed by atoms with Gasteiger partial charge in [0.25, 0.3) is 5.56 Å². The van der Waals surface area contributed by atoms with Crippen LogP contribution in [0.2, 0.25) is 0 Å². The smallest absolute Gasteiger partial charge is 0.336 e. The Morgan fingerprint density at radius 2 is 1.94 bits per heavy atom. The molecule has 1 heterocycles. The highest BCUT2D eigenvalue weighted by Gasteiger charge is 2.16. The van der Waals surface area contributed by atoms with E-state index in [4.69, 9.17) is 0 Å². The monoisotopic (exact) mass is 309 g/mol. The highest BCUT2D eigenvalue weighted by molar-refractivity contribution is 9.10. The Morgan fingerprint density at radius 1 is 1.33 bits per heavy atom. The summed E-state index contributed by atoms with van der Waals surface area (Å²) in [5.41, 5.74) is 2.17. The van der Waals surface area contributed by atoms with Gasteiger partial charge in [0, 0.05) is 23.0 Å². The van der Waals surface area contributed by atoms with Crippen LogP contribution in [-0.4, -0.2) is 15.6 Å². The first-order chi connectivity index (χ1) is 8.34. The first kappa shape index (κ1) is 12.8. The Bertz CT molecular complexity index is 731. The maximum absolute atomic E-state index is 11.8. The van der Waals surface area contributed by atoms with Crippen molar-refractivity contribution in [2.24, 2.45) is 7.05 Å². The van der Waals surface area contributed by atoms with Crippen LogP contribution in [0.1, 0.15) is 21.5 Å². The van der Waals surface area contributed by atoms with Crippen molar-refractivity contribution in [1.29, 1.82) is 0 Å². The molecule has 0 aliphatic heterocycles. The summed E-state index contributed by atoms with van der Waals surface area (Å²) >= 11 is 3.45. The van der Waals surface area contributed by atoms with Gasteiger partial charge in [-0.3, -0.25) is 4.79 Å². The fourth-order valence-electron chi connectivity index (χ4n) is 2.12. The zero-order valence-corrected chi connectivity index (χ0v) is 11.8. The molecule has 1 aromatic heterocycles. The van der Waals surface area contributed by atoms with Crippen molar-refractivity contribution in [2.45, 2.75) is 13.8 Å². The van der Waals surface area contributed by atoms with Gasteiger partial charge in [0.1, 0.15) is 0 Å². The third kappa shape index (κ3) is 1.75. The van der Waals surface area contributed by atoms with E-state index in [2.05, 4.69) is 15.9 Å². The molecule has 5 heteroatoms. The number of benzene rings is 1. The van der Waals surface area contributed by atoms with Crippen LogP contribution in [0.15, 0.2) is 21.4 Å². The molecule has 0 aliphatic rings. The number of nitrogens with zero attached hydrogens (tertiary/aromatic N) is 1. The summed E-state index contributed by atoms with van der Waals surface area (Å²) in [6.07, 6.45) is 0. The lowest BCUT2D eigenvalue weighted by atomic mass is 10.0.